The quantitative estimate of drug-likeness (QED) is 0.220. The van der Waals surface area contributed by atoms with Crippen LogP contribution < -0.4 is 0 Å². The SMILES string of the molecule is O=[N+]([O-])c1cc(COC2CCCc3c2oc2nc(CCl)nc(Cl)c32)cc([N+](=O)[O-])c1. The molecule has 1 aliphatic rings. The number of aromatic nitrogens is 2. The predicted molar refractivity (Wildman–Crippen MR) is 107 cm³/mol. The number of halogens is 2. The molecule has 0 bridgehead atoms. The van der Waals surface area contributed by atoms with E-state index in [1.807, 2.05) is 0 Å². The van der Waals surface area contributed by atoms with Gasteiger partial charge in [-0.3, -0.25) is 20.2 Å². The predicted octanol–water partition coefficient (Wildman–Crippen LogP) is 5.03. The van der Waals surface area contributed by atoms with E-state index in [1.54, 1.807) is 0 Å². The first-order chi connectivity index (χ1) is 14.4. The molecule has 0 saturated carbocycles. The number of aryl methyl sites for hydroxylation is 1. The lowest BCUT2D eigenvalue weighted by Gasteiger charge is -2.21. The van der Waals surface area contributed by atoms with Gasteiger partial charge in [-0.25, -0.2) is 4.98 Å². The van der Waals surface area contributed by atoms with E-state index in [9.17, 15) is 20.2 Å². The molecule has 1 unspecified atom stereocenters. The molecule has 1 atom stereocenters. The maximum absolute atomic E-state index is 11.1. The molecule has 156 valence electrons. The van der Waals surface area contributed by atoms with Gasteiger partial charge in [0.1, 0.15) is 22.8 Å². The van der Waals surface area contributed by atoms with Gasteiger partial charge >= 0.3 is 0 Å². The fourth-order valence-corrected chi connectivity index (χ4v) is 3.95. The van der Waals surface area contributed by atoms with Crippen molar-refractivity contribution in [1.29, 1.82) is 0 Å². The number of nitrogens with zero attached hydrogens (tertiary/aromatic N) is 4. The van der Waals surface area contributed by atoms with Crippen LogP contribution in [-0.2, 0) is 23.6 Å². The first-order valence-corrected chi connectivity index (χ1v) is 9.86. The number of alkyl halides is 1. The summed E-state index contributed by atoms with van der Waals surface area (Å²) in [5.41, 5.74) is 0.772. The molecule has 2 heterocycles. The van der Waals surface area contributed by atoms with Crippen molar-refractivity contribution in [2.24, 2.45) is 0 Å². The van der Waals surface area contributed by atoms with E-state index in [1.165, 1.54) is 12.1 Å². The van der Waals surface area contributed by atoms with Crippen LogP contribution in [-0.4, -0.2) is 19.8 Å². The van der Waals surface area contributed by atoms with Crippen LogP contribution >= 0.6 is 23.2 Å². The highest BCUT2D eigenvalue weighted by Gasteiger charge is 2.30. The molecule has 0 amide bonds. The molecule has 0 fully saturated rings. The molecule has 3 aromatic rings. The van der Waals surface area contributed by atoms with Crippen LogP contribution in [0.4, 0.5) is 11.4 Å². The zero-order chi connectivity index (χ0) is 21.4. The van der Waals surface area contributed by atoms with E-state index in [0.29, 0.717) is 41.1 Å². The Hall–Kier alpha value is -2.82. The Balaban J connectivity index is 1.64. The van der Waals surface area contributed by atoms with Gasteiger partial charge in [0.25, 0.3) is 11.4 Å². The highest BCUT2D eigenvalue weighted by molar-refractivity contribution is 6.34. The van der Waals surface area contributed by atoms with Gasteiger partial charge in [0.2, 0.25) is 5.71 Å². The minimum atomic E-state index is -0.677. The fourth-order valence-electron chi connectivity index (χ4n) is 3.54. The molecule has 0 N–H and O–H groups in total. The zero-order valence-corrected chi connectivity index (χ0v) is 16.9. The van der Waals surface area contributed by atoms with Crippen molar-refractivity contribution < 1.29 is 19.0 Å². The van der Waals surface area contributed by atoms with Crippen LogP contribution in [0.1, 0.15) is 41.7 Å². The smallest absolute Gasteiger partial charge is 0.276 e. The average molecular weight is 453 g/mol. The summed E-state index contributed by atoms with van der Waals surface area (Å²) in [5.74, 6) is 1.01. The average Bonchev–Trinajstić information content (AvgIpc) is 3.11. The Morgan fingerprint density at radius 3 is 2.50 bits per heavy atom. The number of fused-ring (bicyclic) bond motifs is 3. The van der Waals surface area contributed by atoms with Gasteiger partial charge in [0, 0.05) is 17.7 Å². The maximum Gasteiger partial charge on any atom is 0.276 e. The summed E-state index contributed by atoms with van der Waals surface area (Å²) in [5, 5.41) is 23.0. The second-order valence-electron chi connectivity index (χ2n) is 6.75. The second kappa shape index (κ2) is 8.13. The van der Waals surface area contributed by atoms with Gasteiger partial charge in [0.15, 0.2) is 0 Å². The number of benzene rings is 1. The van der Waals surface area contributed by atoms with Crippen molar-refractivity contribution in [2.75, 3.05) is 0 Å². The van der Waals surface area contributed by atoms with E-state index in [4.69, 9.17) is 32.4 Å². The fraction of sp³-hybridized carbons (Fsp3) is 0.333. The molecule has 1 aromatic carbocycles. The summed E-state index contributed by atoms with van der Waals surface area (Å²) < 4.78 is 11.8. The lowest BCUT2D eigenvalue weighted by Crippen LogP contribution is -2.11. The number of non-ortho nitro benzene ring substituents is 2. The molecule has 4 rings (SSSR count). The lowest BCUT2D eigenvalue weighted by molar-refractivity contribution is -0.394. The molecular formula is C18H14Cl2N4O6. The highest BCUT2D eigenvalue weighted by Crippen LogP contribution is 2.41. The third-order valence-corrected chi connectivity index (χ3v) is 5.34. The Morgan fingerprint density at radius 1 is 1.17 bits per heavy atom. The molecule has 30 heavy (non-hydrogen) atoms. The van der Waals surface area contributed by atoms with Crippen LogP contribution in [0.3, 0.4) is 0 Å². The molecule has 0 radical (unpaired) electrons. The molecule has 0 saturated heterocycles. The van der Waals surface area contributed by atoms with Gasteiger partial charge in [-0.05, 0) is 24.8 Å². The third-order valence-electron chi connectivity index (χ3n) is 4.82. The van der Waals surface area contributed by atoms with Gasteiger partial charge in [0.05, 0.1) is 33.8 Å². The summed E-state index contributed by atoms with van der Waals surface area (Å²) in [4.78, 5) is 29.2. The van der Waals surface area contributed by atoms with Gasteiger partial charge in [-0.2, -0.15) is 4.98 Å². The molecule has 10 nitrogen and oxygen atoms in total. The number of rotatable bonds is 6. The number of hydrogen-bond donors (Lipinski definition) is 0. The first kappa shape index (κ1) is 20.5. The van der Waals surface area contributed by atoms with Crippen LogP contribution in [0.5, 0.6) is 0 Å². The van der Waals surface area contributed by atoms with Crippen molar-refractivity contribution in [3.05, 3.63) is 66.3 Å². The van der Waals surface area contributed by atoms with E-state index in [-0.39, 0.29) is 29.0 Å². The van der Waals surface area contributed by atoms with Gasteiger partial charge < -0.3 is 9.15 Å². The topological polar surface area (TPSA) is 134 Å². The van der Waals surface area contributed by atoms with Crippen LogP contribution in [0, 0.1) is 20.2 Å². The van der Waals surface area contributed by atoms with Crippen LogP contribution in [0.25, 0.3) is 11.1 Å². The Labute approximate surface area is 179 Å². The summed E-state index contributed by atoms with van der Waals surface area (Å²) >= 11 is 12.1. The second-order valence-corrected chi connectivity index (χ2v) is 7.38. The van der Waals surface area contributed by atoms with E-state index < -0.39 is 16.0 Å². The standard InChI is InChI=1S/C18H14Cl2N4O6/c19-7-14-21-17(20)15-12-2-1-3-13(16(12)30-18(15)22-14)29-8-9-4-10(23(25)26)6-11(5-9)24(27)28/h4-6,13H,1-3,7-8H2. The molecule has 12 heteroatoms. The van der Waals surface area contributed by atoms with E-state index in [2.05, 4.69) is 9.97 Å². The zero-order valence-electron chi connectivity index (χ0n) is 15.3. The molecular weight excluding hydrogens is 439 g/mol. The monoisotopic (exact) mass is 452 g/mol. The van der Waals surface area contributed by atoms with Crippen molar-refractivity contribution >= 4 is 45.7 Å². The minimum Gasteiger partial charge on any atom is -0.440 e. The number of ether oxygens (including phenoxy) is 1. The van der Waals surface area contributed by atoms with E-state index >= 15 is 0 Å². The normalized spacial score (nSPS) is 15.9. The van der Waals surface area contributed by atoms with Crippen molar-refractivity contribution in [1.82, 2.24) is 9.97 Å². The van der Waals surface area contributed by atoms with Crippen molar-refractivity contribution in [3.63, 3.8) is 0 Å². The maximum atomic E-state index is 11.1. The largest absolute Gasteiger partial charge is 0.440 e. The van der Waals surface area contributed by atoms with Crippen molar-refractivity contribution in [3.8, 4) is 0 Å². The van der Waals surface area contributed by atoms with Crippen molar-refractivity contribution in [2.45, 2.75) is 37.9 Å². The van der Waals surface area contributed by atoms with Gasteiger partial charge in [-0.1, -0.05) is 11.6 Å². The number of nitro benzene ring substituents is 2. The Bertz CT molecular complexity index is 1130. The van der Waals surface area contributed by atoms with Crippen LogP contribution in [0.15, 0.2) is 22.6 Å². The van der Waals surface area contributed by atoms with Gasteiger partial charge in [-0.15, -0.1) is 11.6 Å². The number of hydrogen-bond acceptors (Lipinski definition) is 8. The first-order valence-electron chi connectivity index (χ1n) is 8.95. The minimum absolute atomic E-state index is 0.0595. The lowest BCUT2D eigenvalue weighted by atomic mass is 9.94. The summed E-state index contributed by atoms with van der Waals surface area (Å²) in [6.45, 7) is -0.0595. The van der Waals surface area contributed by atoms with E-state index in [0.717, 1.165) is 18.1 Å². The Kier molecular flexibility index (Phi) is 5.54. The summed E-state index contributed by atoms with van der Waals surface area (Å²) in [6, 6.07) is 3.42. The number of nitro groups is 2. The summed E-state index contributed by atoms with van der Waals surface area (Å²) in [7, 11) is 0. The number of furan rings is 1. The van der Waals surface area contributed by atoms with Crippen LogP contribution in [0.2, 0.25) is 5.15 Å². The molecule has 0 spiro atoms. The highest BCUT2D eigenvalue weighted by atomic mass is 35.5. The molecule has 2 aromatic heterocycles. The third kappa shape index (κ3) is 3.81. The molecule has 1 aliphatic carbocycles. The Morgan fingerprint density at radius 2 is 1.87 bits per heavy atom. The molecule has 0 aliphatic heterocycles. The summed E-state index contributed by atoms with van der Waals surface area (Å²) in [6.07, 6.45) is 1.72.